The van der Waals surface area contributed by atoms with E-state index in [0.717, 1.165) is 16.7 Å². The first kappa shape index (κ1) is 15.5. The van der Waals surface area contributed by atoms with Gasteiger partial charge in [0.05, 0.1) is 19.2 Å². The highest BCUT2D eigenvalue weighted by molar-refractivity contribution is 5.91. The van der Waals surface area contributed by atoms with Crippen molar-refractivity contribution in [2.45, 2.75) is 13.0 Å². The van der Waals surface area contributed by atoms with Crippen LogP contribution in [0.15, 0.2) is 47.6 Å². The van der Waals surface area contributed by atoms with Crippen molar-refractivity contribution in [3.05, 3.63) is 81.0 Å². The van der Waals surface area contributed by atoms with Gasteiger partial charge in [-0.3, -0.25) is 0 Å². The molecule has 0 heterocycles. The normalized spacial score (nSPS) is 9.91. The summed E-state index contributed by atoms with van der Waals surface area (Å²) in [5, 5.41) is 3.48. The van der Waals surface area contributed by atoms with Crippen LogP contribution in [0.1, 0.15) is 27.0 Å². The monoisotopic (exact) mass is 299 g/mol. The van der Waals surface area contributed by atoms with E-state index in [4.69, 9.17) is 10.3 Å². The summed E-state index contributed by atoms with van der Waals surface area (Å²) in [4.78, 5) is 14.6. The van der Waals surface area contributed by atoms with Crippen molar-refractivity contribution in [1.29, 1.82) is 0 Å². The summed E-state index contributed by atoms with van der Waals surface area (Å²) in [5.41, 5.74) is 11.1. The number of halogens is 1. The van der Waals surface area contributed by atoms with Crippen molar-refractivity contribution in [1.82, 2.24) is 0 Å². The number of methoxy groups -OCH3 is 1. The number of ether oxygens (including phenoxy) is 1. The van der Waals surface area contributed by atoms with E-state index in [1.54, 1.807) is 30.3 Å². The average molecular weight is 299 g/mol. The van der Waals surface area contributed by atoms with Crippen LogP contribution in [0.2, 0.25) is 0 Å². The zero-order chi connectivity index (χ0) is 15.9. The molecule has 0 fully saturated rings. The van der Waals surface area contributed by atoms with Crippen LogP contribution >= 0.6 is 0 Å². The zero-order valence-electron chi connectivity index (χ0n) is 12.0. The number of hydrogen-bond donors (Lipinski definition) is 0. The summed E-state index contributed by atoms with van der Waals surface area (Å²) in [6.45, 7) is 0.164. The Bertz CT molecular complexity index is 723. The predicted octanol–water partition coefficient (Wildman–Crippen LogP) is 4.01. The van der Waals surface area contributed by atoms with Crippen LogP contribution in [0, 0.1) is 5.82 Å². The predicted molar refractivity (Wildman–Crippen MR) is 79.8 cm³/mol. The third-order valence-corrected chi connectivity index (χ3v) is 3.20. The molecule has 0 aliphatic rings. The molecule has 0 aliphatic heterocycles. The van der Waals surface area contributed by atoms with Crippen LogP contribution in [-0.2, 0) is 17.7 Å². The van der Waals surface area contributed by atoms with E-state index in [2.05, 4.69) is 10.0 Å². The van der Waals surface area contributed by atoms with Gasteiger partial charge in [-0.05, 0) is 46.8 Å². The van der Waals surface area contributed by atoms with Gasteiger partial charge in [0.2, 0.25) is 0 Å². The molecule has 6 heteroatoms. The van der Waals surface area contributed by atoms with Gasteiger partial charge in [-0.15, -0.1) is 0 Å². The fraction of sp³-hybridized carbons (Fsp3) is 0.188. The topological polar surface area (TPSA) is 75.1 Å². The second-order valence-electron chi connectivity index (χ2n) is 4.68. The van der Waals surface area contributed by atoms with Gasteiger partial charge >= 0.3 is 5.97 Å². The molecule has 2 rings (SSSR count). The molecule has 0 radical (unpaired) electrons. The molecule has 0 spiro atoms. The first-order chi connectivity index (χ1) is 10.6. The molecular weight excluding hydrogens is 285 g/mol. The van der Waals surface area contributed by atoms with Crippen LogP contribution in [0.4, 0.5) is 4.39 Å². The Balaban J connectivity index is 2.34. The number of azide groups is 1. The Hall–Kier alpha value is -2.85. The molecular formula is C16H14FN3O2. The van der Waals surface area contributed by atoms with Gasteiger partial charge < -0.3 is 4.74 Å². The Morgan fingerprint density at radius 3 is 2.55 bits per heavy atom. The number of rotatable bonds is 5. The molecule has 112 valence electrons. The lowest BCUT2D eigenvalue weighted by molar-refractivity contribution is 0.0599. The van der Waals surface area contributed by atoms with Gasteiger partial charge in [0, 0.05) is 4.91 Å². The largest absolute Gasteiger partial charge is 0.465 e. The Morgan fingerprint density at radius 2 is 1.91 bits per heavy atom. The second-order valence-corrected chi connectivity index (χ2v) is 4.68. The summed E-state index contributed by atoms with van der Waals surface area (Å²) in [5.74, 6) is -0.762. The summed E-state index contributed by atoms with van der Waals surface area (Å²) in [7, 11) is 1.31. The van der Waals surface area contributed by atoms with Crippen molar-refractivity contribution >= 4 is 5.97 Å². The van der Waals surface area contributed by atoms with Crippen molar-refractivity contribution in [3.63, 3.8) is 0 Å². The van der Waals surface area contributed by atoms with Gasteiger partial charge in [-0.25, -0.2) is 9.18 Å². The molecule has 0 saturated carbocycles. The van der Waals surface area contributed by atoms with Crippen molar-refractivity contribution in [2.75, 3.05) is 7.11 Å². The van der Waals surface area contributed by atoms with E-state index in [0.29, 0.717) is 12.0 Å². The molecule has 0 aliphatic carbocycles. The SMILES string of the molecule is COC(=O)c1cc(CN=[N+]=[N-])ccc1Cc1ccc(F)cc1. The minimum absolute atomic E-state index is 0.164. The fourth-order valence-corrected chi connectivity index (χ4v) is 2.11. The van der Waals surface area contributed by atoms with Gasteiger partial charge in [0.15, 0.2) is 0 Å². The summed E-state index contributed by atoms with van der Waals surface area (Å²) < 4.78 is 17.7. The summed E-state index contributed by atoms with van der Waals surface area (Å²) in [6.07, 6.45) is 0.479. The molecule has 0 aromatic heterocycles. The Labute approximate surface area is 127 Å². The molecule has 0 unspecified atom stereocenters. The van der Waals surface area contributed by atoms with E-state index < -0.39 is 5.97 Å². The molecule has 0 bridgehead atoms. The number of nitrogens with zero attached hydrogens (tertiary/aromatic N) is 3. The number of hydrogen-bond acceptors (Lipinski definition) is 3. The maximum Gasteiger partial charge on any atom is 0.338 e. The third-order valence-electron chi connectivity index (χ3n) is 3.20. The maximum absolute atomic E-state index is 12.9. The zero-order valence-corrected chi connectivity index (χ0v) is 12.0. The number of carbonyl (C=O) groups excluding carboxylic acids is 1. The van der Waals surface area contributed by atoms with E-state index in [9.17, 15) is 9.18 Å². The highest BCUT2D eigenvalue weighted by atomic mass is 19.1. The van der Waals surface area contributed by atoms with Crippen molar-refractivity contribution in [3.8, 4) is 0 Å². The smallest absolute Gasteiger partial charge is 0.338 e. The molecule has 2 aromatic rings. The van der Waals surface area contributed by atoms with E-state index >= 15 is 0 Å². The maximum atomic E-state index is 12.9. The van der Waals surface area contributed by atoms with E-state index in [1.165, 1.54) is 19.2 Å². The third kappa shape index (κ3) is 3.84. The molecule has 0 saturated heterocycles. The molecule has 2 aromatic carbocycles. The minimum atomic E-state index is -0.458. The Morgan fingerprint density at radius 1 is 1.23 bits per heavy atom. The molecule has 0 amide bonds. The molecule has 0 N–H and O–H groups in total. The lowest BCUT2D eigenvalue weighted by Crippen LogP contribution is -2.07. The summed E-state index contributed by atoms with van der Waals surface area (Å²) >= 11 is 0. The second kappa shape index (κ2) is 7.24. The first-order valence-electron chi connectivity index (χ1n) is 6.59. The van der Waals surface area contributed by atoms with Crippen LogP contribution in [0.3, 0.4) is 0 Å². The van der Waals surface area contributed by atoms with Gasteiger partial charge in [-0.2, -0.15) is 0 Å². The summed E-state index contributed by atoms with van der Waals surface area (Å²) in [6, 6.07) is 11.3. The molecule has 0 atom stereocenters. The Kier molecular flexibility index (Phi) is 5.11. The van der Waals surface area contributed by atoms with Crippen LogP contribution in [0.5, 0.6) is 0 Å². The standard InChI is InChI=1S/C16H14FN3O2/c1-22-16(21)15-9-12(10-19-20-18)2-5-13(15)8-11-3-6-14(17)7-4-11/h2-7,9H,8,10H2,1H3. The number of benzene rings is 2. The quantitative estimate of drug-likeness (QED) is 0.362. The molecule has 22 heavy (non-hydrogen) atoms. The van der Waals surface area contributed by atoms with E-state index in [1.807, 2.05) is 0 Å². The van der Waals surface area contributed by atoms with Crippen molar-refractivity contribution in [2.24, 2.45) is 5.11 Å². The van der Waals surface area contributed by atoms with Crippen LogP contribution in [-0.4, -0.2) is 13.1 Å². The minimum Gasteiger partial charge on any atom is -0.465 e. The highest BCUT2D eigenvalue weighted by Gasteiger charge is 2.13. The van der Waals surface area contributed by atoms with Gasteiger partial charge in [0.25, 0.3) is 0 Å². The number of carbonyl (C=O) groups is 1. The van der Waals surface area contributed by atoms with Crippen molar-refractivity contribution < 1.29 is 13.9 Å². The lowest BCUT2D eigenvalue weighted by atomic mass is 9.97. The van der Waals surface area contributed by atoms with Crippen LogP contribution < -0.4 is 0 Å². The van der Waals surface area contributed by atoms with E-state index in [-0.39, 0.29) is 12.4 Å². The lowest BCUT2D eigenvalue weighted by Gasteiger charge is -2.10. The average Bonchev–Trinajstić information content (AvgIpc) is 2.55. The fourth-order valence-electron chi connectivity index (χ4n) is 2.11. The first-order valence-corrected chi connectivity index (χ1v) is 6.59. The molecule has 5 nitrogen and oxygen atoms in total. The highest BCUT2D eigenvalue weighted by Crippen LogP contribution is 2.18. The number of esters is 1. The van der Waals surface area contributed by atoms with Gasteiger partial charge in [-0.1, -0.05) is 29.4 Å². The van der Waals surface area contributed by atoms with Gasteiger partial charge in [0.1, 0.15) is 5.82 Å². The van der Waals surface area contributed by atoms with Crippen LogP contribution in [0.25, 0.3) is 10.4 Å².